The largest absolute Gasteiger partial charge is 0.254 e. The van der Waals surface area contributed by atoms with Crippen molar-refractivity contribution in [2.45, 2.75) is 6.92 Å². The molecule has 2 aromatic heterocycles. The maximum atomic E-state index is 4.60. The molecule has 0 atom stereocenters. The third-order valence-corrected chi connectivity index (χ3v) is 3.49. The van der Waals surface area contributed by atoms with Crippen LogP contribution in [0.4, 0.5) is 0 Å². The van der Waals surface area contributed by atoms with Crippen molar-refractivity contribution in [2.24, 2.45) is 0 Å². The molecular weight excluding hydrogens is 216 g/mol. The number of aromatic nitrogens is 2. The predicted molar refractivity (Wildman–Crippen MR) is 67.6 cm³/mol. The van der Waals surface area contributed by atoms with E-state index in [9.17, 15) is 0 Å². The molecule has 0 amide bonds. The highest BCUT2D eigenvalue weighted by molar-refractivity contribution is 7.21. The van der Waals surface area contributed by atoms with Crippen LogP contribution in [0.15, 0.2) is 42.6 Å². The monoisotopic (exact) mass is 226 g/mol. The quantitative estimate of drug-likeness (QED) is 0.632. The molecule has 3 heteroatoms. The summed E-state index contributed by atoms with van der Waals surface area (Å²) < 4.78 is 1.21. The van der Waals surface area contributed by atoms with E-state index < -0.39 is 0 Å². The van der Waals surface area contributed by atoms with Gasteiger partial charge in [0, 0.05) is 6.20 Å². The molecule has 0 fully saturated rings. The van der Waals surface area contributed by atoms with Gasteiger partial charge in [-0.1, -0.05) is 12.1 Å². The summed E-state index contributed by atoms with van der Waals surface area (Å²) in [5, 5.41) is 0.987. The molecule has 0 saturated carbocycles. The van der Waals surface area contributed by atoms with E-state index in [0.717, 1.165) is 16.2 Å². The number of pyridine rings is 1. The molecule has 3 aromatic rings. The Morgan fingerprint density at radius 3 is 2.88 bits per heavy atom. The lowest BCUT2D eigenvalue weighted by molar-refractivity contribution is 1.30. The van der Waals surface area contributed by atoms with Gasteiger partial charge in [-0.25, -0.2) is 4.98 Å². The van der Waals surface area contributed by atoms with Gasteiger partial charge in [-0.15, -0.1) is 11.3 Å². The zero-order valence-corrected chi connectivity index (χ0v) is 9.66. The highest BCUT2D eigenvalue weighted by Gasteiger charge is 2.06. The van der Waals surface area contributed by atoms with Crippen LogP contribution < -0.4 is 0 Å². The van der Waals surface area contributed by atoms with Gasteiger partial charge in [0.2, 0.25) is 0 Å². The van der Waals surface area contributed by atoms with Gasteiger partial charge in [0.15, 0.2) is 0 Å². The first-order valence-corrected chi connectivity index (χ1v) is 5.93. The molecule has 0 aliphatic heterocycles. The Morgan fingerprint density at radius 1 is 1.12 bits per heavy atom. The van der Waals surface area contributed by atoms with Crippen LogP contribution >= 0.6 is 11.3 Å². The highest BCUT2D eigenvalue weighted by atomic mass is 32.1. The lowest BCUT2D eigenvalue weighted by Crippen LogP contribution is -1.79. The van der Waals surface area contributed by atoms with Crippen molar-refractivity contribution < 1.29 is 0 Å². The van der Waals surface area contributed by atoms with Crippen molar-refractivity contribution in [1.29, 1.82) is 0 Å². The van der Waals surface area contributed by atoms with E-state index in [0.29, 0.717) is 0 Å². The molecule has 0 radical (unpaired) electrons. The Morgan fingerprint density at radius 2 is 2.06 bits per heavy atom. The lowest BCUT2D eigenvalue weighted by Gasteiger charge is -1.91. The second kappa shape index (κ2) is 3.68. The summed E-state index contributed by atoms with van der Waals surface area (Å²) in [5.41, 5.74) is 3.25. The van der Waals surface area contributed by atoms with E-state index in [1.165, 1.54) is 10.3 Å². The summed E-state index contributed by atoms with van der Waals surface area (Å²) in [4.78, 5) is 8.91. The van der Waals surface area contributed by atoms with Crippen molar-refractivity contribution in [2.75, 3.05) is 0 Å². The first-order valence-electron chi connectivity index (χ1n) is 5.11. The predicted octanol–water partition coefficient (Wildman–Crippen LogP) is 3.67. The molecule has 16 heavy (non-hydrogen) atoms. The second-order valence-corrected chi connectivity index (χ2v) is 4.74. The number of aryl methyl sites for hydroxylation is 1. The van der Waals surface area contributed by atoms with Crippen LogP contribution in [0.1, 0.15) is 5.56 Å². The molecule has 0 saturated heterocycles. The van der Waals surface area contributed by atoms with Crippen LogP contribution in [0.25, 0.3) is 20.9 Å². The fourth-order valence-electron chi connectivity index (χ4n) is 1.64. The summed E-state index contributed by atoms with van der Waals surface area (Å²) in [6.07, 6.45) is 1.80. The van der Waals surface area contributed by atoms with E-state index in [2.05, 4.69) is 35.1 Å². The van der Waals surface area contributed by atoms with Crippen molar-refractivity contribution in [1.82, 2.24) is 9.97 Å². The second-order valence-electron chi connectivity index (χ2n) is 3.71. The van der Waals surface area contributed by atoms with Crippen LogP contribution in [-0.2, 0) is 0 Å². The molecule has 1 aromatic carbocycles. The van der Waals surface area contributed by atoms with Crippen LogP contribution in [0.3, 0.4) is 0 Å². The van der Waals surface area contributed by atoms with E-state index in [1.807, 2.05) is 18.2 Å². The molecule has 3 rings (SSSR count). The fraction of sp³-hybridized carbons (Fsp3) is 0.0769. The minimum Gasteiger partial charge on any atom is -0.254 e. The normalized spacial score (nSPS) is 10.8. The molecule has 2 nitrogen and oxygen atoms in total. The molecule has 0 aliphatic carbocycles. The van der Waals surface area contributed by atoms with Gasteiger partial charge < -0.3 is 0 Å². The fourth-order valence-corrected chi connectivity index (χ4v) is 2.56. The topological polar surface area (TPSA) is 25.8 Å². The molecule has 78 valence electrons. The smallest absolute Gasteiger partial charge is 0.143 e. The SMILES string of the molecule is Cc1ccc2sc(-c3ccccn3)nc2c1. The zero-order valence-electron chi connectivity index (χ0n) is 8.84. The van der Waals surface area contributed by atoms with Crippen molar-refractivity contribution in [3.63, 3.8) is 0 Å². The summed E-state index contributed by atoms with van der Waals surface area (Å²) in [6, 6.07) is 12.2. The zero-order chi connectivity index (χ0) is 11.0. The summed E-state index contributed by atoms with van der Waals surface area (Å²) in [5.74, 6) is 0. The minimum atomic E-state index is 0.946. The Labute approximate surface area is 97.6 Å². The Balaban J connectivity index is 2.19. The molecule has 0 spiro atoms. The van der Waals surface area contributed by atoms with E-state index >= 15 is 0 Å². The average Bonchev–Trinajstić information content (AvgIpc) is 2.73. The van der Waals surface area contributed by atoms with Gasteiger partial charge in [-0.3, -0.25) is 4.98 Å². The number of nitrogens with zero attached hydrogens (tertiary/aromatic N) is 2. The molecule has 2 heterocycles. The van der Waals surface area contributed by atoms with Gasteiger partial charge >= 0.3 is 0 Å². The number of rotatable bonds is 1. The van der Waals surface area contributed by atoms with Crippen molar-refractivity contribution in [3.8, 4) is 10.7 Å². The van der Waals surface area contributed by atoms with E-state index in [-0.39, 0.29) is 0 Å². The summed E-state index contributed by atoms with van der Waals surface area (Å²) in [7, 11) is 0. The van der Waals surface area contributed by atoms with Gasteiger partial charge in [0.25, 0.3) is 0 Å². The summed E-state index contributed by atoms with van der Waals surface area (Å²) in [6.45, 7) is 2.08. The van der Waals surface area contributed by atoms with Crippen LogP contribution in [-0.4, -0.2) is 9.97 Å². The number of thiazole rings is 1. The van der Waals surface area contributed by atoms with E-state index in [4.69, 9.17) is 0 Å². The Hall–Kier alpha value is -1.74. The highest BCUT2D eigenvalue weighted by Crippen LogP contribution is 2.29. The average molecular weight is 226 g/mol. The standard InChI is InChI=1S/C13H10N2S/c1-9-5-6-12-11(8-9)15-13(16-12)10-4-2-3-7-14-10/h2-8H,1H3. The maximum Gasteiger partial charge on any atom is 0.143 e. The van der Waals surface area contributed by atoms with Gasteiger partial charge in [0.1, 0.15) is 5.01 Å². The van der Waals surface area contributed by atoms with Crippen molar-refractivity contribution in [3.05, 3.63) is 48.2 Å². The lowest BCUT2D eigenvalue weighted by atomic mass is 10.2. The maximum absolute atomic E-state index is 4.60. The summed E-state index contributed by atoms with van der Waals surface area (Å²) >= 11 is 1.69. The van der Waals surface area contributed by atoms with Crippen LogP contribution in [0, 0.1) is 6.92 Å². The molecule has 0 aliphatic rings. The Bertz CT molecular complexity index is 629. The number of hydrogen-bond acceptors (Lipinski definition) is 3. The molecular formula is C13H10N2S. The number of fused-ring (bicyclic) bond motifs is 1. The van der Waals surface area contributed by atoms with Crippen molar-refractivity contribution >= 4 is 21.6 Å². The number of hydrogen-bond donors (Lipinski definition) is 0. The number of benzene rings is 1. The molecule has 0 bridgehead atoms. The van der Waals surface area contributed by atoms with Gasteiger partial charge in [-0.05, 0) is 36.8 Å². The first-order chi connectivity index (χ1) is 7.83. The van der Waals surface area contributed by atoms with Gasteiger partial charge in [-0.2, -0.15) is 0 Å². The minimum absolute atomic E-state index is 0.946. The molecule has 0 unspecified atom stereocenters. The van der Waals surface area contributed by atoms with Crippen LogP contribution in [0.2, 0.25) is 0 Å². The third-order valence-electron chi connectivity index (χ3n) is 2.43. The van der Waals surface area contributed by atoms with E-state index in [1.54, 1.807) is 17.5 Å². The molecule has 0 N–H and O–H groups in total. The Kier molecular flexibility index (Phi) is 2.18. The third kappa shape index (κ3) is 1.59. The van der Waals surface area contributed by atoms with Crippen LogP contribution in [0.5, 0.6) is 0 Å². The first kappa shape index (κ1) is 9.48. The van der Waals surface area contributed by atoms with Gasteiger partial charge in [0.05, 0.1) is 15.9 Å².